The van der Waals surface area contributed by atoms with Crippen LogP contribution in [0, 0.1) is 11.8 Å². The third-order valence-electron chi connectivity index (χ3n) is 3.70. The van der Waals surface area contributed by atoms with Crippen LogP contribution in [-0.2, 0) is 9.59 Å². The van der Waals surface area contributed by atoms with E-state index in [0.29, 0.717) is 12.3 Å². The lowest BCUT2D eigenvalue weighted by atomic mass is 9.99. The number of anilines is 2. The highest BCUT2D eigenvalue weighted by atomic mass is 16.2. The van der Waals surface area contributed by atoms with E-state index < -0.39 is 0 Å². The van der Waals surface area contributed by atoms with Gasteiger partial charge in [-0.2, -0.15) is 0 Å². The zero-order valence-electron chi connectivity index (χ0n) is 11.3. The van der Waals surface area contributed by atoms with E-state index in [1.807, 2.05) is 18.2 Å². The Morgan fingerprint density at radius 1 is 1.15 bits per heavy atom. The Hall–Kier alpha value is -1.88. The third-order valence-corrected chi connectivity index (χ3v) is 3.70. The number of carbonyl (C=O) groups excluding carboxylic acids is 2. The second kappa shape index (κ2) is 5.63. The molecule has 0 spiro atoms. The van der Waals surface area contributed by atoms with Gasteiger partial charge in [-0.1, -0.05) is 6.07 Å². The van der Waals surface area contributed by atoms with Crippen LogP contribution in [0.5, 0.6) is 0 Å². The maximum absolute atomic E-state index is 11.8. The largest absolute Gasteiger partial charge is 0.326 e. The van der Waals surface area contributed by atoms with Crippen LogP contribution in [0.1, 0.15) is 19.3 Å². The number of carbonyl (C=O) groups is 2. The third kappa shape index (κ3) is 3.36. The lowest BCUT2D eigenvalue weighted by Gasteiger charge is -2.26. The molecule has 1 saturated carbocycles. The summed E-state index contributed by atoms with van der Waals surface area (Å²) in [6, 6.07) is 7.32. The SMILES string of the molecule is O=C(CC1CNC1)Nc1cccc(NC(=O)C2CC2)c1. The molecular weight excluding hydrogens is 254 g/mol. The van der Waals surface area contributed by atoms with Crippen LogP contribution >= 0.6 is 0 Å². The lowest BCUT2D eigenvalue weighted by Crippen LogP contribution is -2.43. The minimum absolute atomic E-state index is 0.0298. The van der Waals surface area contributed by atoms with E-state index in [2.05, 4.69) is 16.0 Å². The van der Waals surface area contributed by atoms with Crippen molar-refractivity contribution in [1.82, 2.24) is 5.32 Å². The number of amides is 2. The first-order chi connectivity index (χ1) is 9.70. The van der Waals surface area contributed by atoms with Gasteiger partial charge in [0, 0.05) is 23.7 Å². The number of benzene rings is 1. The number of rotatable bonds is 5. The Labute approximate surface area is 118 Å². The maximum Gasteiger partial charge on any atom is 0.227 e. The first-order valence-corrected chi connectivity index (χ1v) is 7.12. The van der Waals surface area contributed by atoms with E-state index in [-0.39, 0.29) is 17.7 Å². The molecule has 2 amide bonds. The van der Waals surface area contributed by atoms with Crippen LogP contribution in [0.15, 0.2) is 24.3 Å². The van der Waals surface area contributed by atoms with Crippen LogP contribution in [0.4, 0.5) is 11.4 Å². The molecule has 1 aliphatic heterocycles. The van der Waals surface area contributed by atoms with Crippen LogP contribution in [0.25, 0.3) is 0 Å². The van der Waals surface area contributed by atoms with E-state index in [1.165, 1.54) is 0 Å². The second-order valence-electron chi connectivity index (χ2n) is 5.62. The molecule has 5 nitrogen and oxygen atoms in total. The summed E-state index contributed by atoms with van der Waals surface area (Å²) in [7, 11) is 0. The predicted molar refractivity (Wildman–Crippen MR) is 77.4 cm³/mol. The molecule has 2 aliphatic rings. The van der Waals surface area contributed by atoms with Crippen LogP contribution in [0.2, 0.25) is 0 Å². The summed E-state index contributed by atoms with van der Waals surface area (Å²) >= 11 is 0. The molecule has 0 aromatic heterocycles. The first kappa shape index (κ1) is 13.1. The molecule has 2 fully saturated rings. The van der Waals surface area contributed by atoms with E-state index in [9.17, 15) is 9.59 Å². The van der Waals surface area contributed by atoms with Crippen molar-refractivity contribution in [3.63, 3.8) is 0 Å². The quantitative estimate of drug-likeness (QED) is 0.763. The van der Waals surface area contributed by atoms with E-state index in [1.54, 1.807) is 6.07 Å². The van der Waals surface area contributed by atoms with Gasteiger partial charge in [0.1, 0.15) is 0 Å². The summed E-state index contributed by atoms with van der Waals surface area (Å²) in [6.07, 6.45) is 2.51. The van der Waals surface area contributed by atoms with Gasteiger partial charge in [0.25, 0.3) is 0 Å². The second-order valence-corrected chi connectivity index (χ2v) is 5.62. The van der Waals surface area contributed by atoms with Gasteiger partial charge >= 0.3 is 0 Å². The molecule has 0 radical (unpaired) electrons. The Bertz CT molecular complexity index is 522. The number of hydrogen-bond acceptors (Lipinski definition) is 3. The van der Waals surface area contributed by atoms with Crippen molar-refractivity contribution in [1.29, 1.82) is 0 Å². The van der Waals surface area contributed by atoms with Gasteiger partial charge < -0.3 is 16.0 Å². The van der Waals surface area contributed by atoms with Gasteiger partial charge in [-0.05, 0) is 50.0 Å². The normalized spacial score (nSPS) is 18.2. The highest BCUT2D eigenvalue weighted by Gasteiger charge is 2.29. The van der Waals surface area contributed by atoms with Gasteiger partial charge in [0.05, 0.1) is 0 Å². The standard InChI is InChI=1S/C15H19N3O2/c19-14(6-10-8-16-9-10)17-12-2-1-3-13(7-12)18-15(20)11-4-5-11/h1-3,7,10-11,16H,4-6,8-9H2,(H,17,19)(H,18,20). The van der Waals surface area contributed by atoms with Crippen molar-refractivity contribution >= 4 is 23.2 Å². The van der Waals surface area contributed by atoms with Crippen molar-refractivity contribution in [2.45, 2.75) is 19.3 Å². The number of hydrogen-bond donors (Lipinski definition) is 3. The molecule has 106 valence electrons. The maximum atomic E-state index is 11.8. The summed E-state index contributed by atoms with van der Waals surface area (Å²) in [5, 5.41) is 8.91. The molecule has 1 heterocycles. The Kier molecular flexibility index (Phi) is 3.69. The number of nitrogens with one attached hydrogen (secondary N) is 3. The molecule has 0 bridgehead atoms. The fraction of sp³-hybridized carbons (Fsp3) is 0.467. The Morgan fingerprint density at radius 2 is 1.85 bits per heavy atom. The molecule has 5 heteroatoms. The minimum atomic E-state index is 0.0298. The van der Waals surface area contributed by atoms with Crippen LogP contribution < -0.4 is 16.0 Å². The fourth-order valence-corrected chi connectivity index (χ4v) is 2.23. The predicted octanol–water partition coefficient (Wildman–Crippen LogP) is 1.58. The van der Waals surface area contributed by atoms with Gasteiger partial charge in [-0.25, -0.2) is 0 Å². The molecule has 1 aromatic carbocycles. The summed E-state index contributed by atoms with van der Waals surface area (Å²) in [4.78, 5) is 23.5. The van der Waals surface area contributed by atoms with Gasteiger partial charge in [0.2, 0.25) is 11.8 Å². The molecule has 0 atom stereocenters. The molecule has 1 aromatic rings. The highest BCUT2D eigenvalue weighted by molar-refractivity contribution is 5.96. The summed E-state index contributed by atoms with van der Waals surface area (Å²) in [5.41, 5.74) is 1.47. The van der Waals surface area contributed by atoms with E-state index in [0.717, 1.165) is 37.3 Å². The monoisotopic (exact) mass is 273 g/mol. The van der Waals surface area contributed by atoms with Crippen LogP contribution in [0.3, 0.4) is 0 Å². The van der Waals surface area contributed by atoms with E-state index >= 15 is 0 Å². The van der Waals surface area contributed by atoms with E-state index in [4.69, 9.17) is 0 Å². The average Bonchev–Trinajstić information content (AvgIpc) is 3.18. The zero-order chi connectivity index (χ0) is 13.9. The van der Waals surface area contributed by atoms with Crippen molar-refractivity contribution in [2.24, 2.45) is 11.8 Å². The molecule has 3 N–H and O–H groups in total. The molecule has 0 unspecified atom stereocenters. The topological polar surface area (TPSA) is 70.2 Å². The first-order valence-electron chi connectivity index (χ1n) is 7.12. The zero-order valence-corrected chi connectivity index (χ0v) is 11.3. The molecule has 20 heavy (non-hydrogen) atoms. The Morgan fingerprint density at radius 3 is 2.45 bits per heavy atom. The molecule has 1 aliphatic carbocycles. The highest BCUT2D eigenvalue weighted by Crippen LogP contribution is 2.30. The molecule has 1 saturated heterocycles. The van der Waals surface area contributed by atoms with Crippen molar-refractivity contribution in [3.05, 3.63) is 24.3 Å². The van der Waals surface area contributed by atoms with Crippen molar-refractivity contribution in [3.8, 4) is 0 Å². The smallest absolute Gasteiger partial charge is 0.227 e. The Balaban J connectivity index is 1.55. The molecule has 3 rings (SSSR count). The summed E-state index contributed by atoms with van der Waals surface area (Å²) in [6.45, 7) is 1.84. The van der Waals surface area contributed by atoms with Crippen molar-refractivity contribution < 1.29 is 9.59 Å². The fourth-order valence-electron chi connectivity index (χ4n) is 2.23. The van der Waals surface area contributed by atoms with Gasteiger partial charge in [-0.3, -0.25) is 9.59 Å². The minimum Gasteiger partial charge on any atom is -0.326 e. The van der Waals surface area contributed by atoms with Crippen LogP contribution in [-0.4, -0.2) is 24.9 Å². The lowest BCUT2D eigenvalue weighted by molar-refractivity contribution is -0.118. The summed E-state index contributed by atoms with van der Waals surface area (Å²) < 4.78 is 0. The van der Waals surface area contributed by atoms with Crippen molar-refractivity contribution in [2.75, 3.05) is 23.7 Å². The van der Waals surface area contributed by atoms with Gasteiger partial charge in [0.15, 0.2) is 0 Å². The average molecular weight is 273 g/mol. The molecular formula is C15H19N3O2. The van der Waals surface area contributed by atoms with Gasteiger partial charge in [-0.15, -0.1) is 0 Å². The summed E-state index contributed by atoms with van der Waals surface area (Å²) in [5.74, 6) is 0.739.